The van der Waals surface area contributed by atoms with Gasteiger partial charge in [-0.15, -0.1) is 0 Å². The average Bonchev–Trinajstić information content (AvgIpc) is 2.62. The van der Waals surface area contributed by atoms with Gasteiger partial charge in [0.2, 0.25) is 0 Å². The number of ether oxygens (including phenoxy) is 1. The second kappa shape index (κ2) is 9.39. The van der Waals surface area contributed by atoms with Gasteiger partial charge in [-0.3, -0.25) is 0 Å². The van der Waals surface area contributed by atoms with Gasteiger partial charge in [-0.2, -0.15) is 0 Å². The third kappa shape index (κ3) is 5.60. The van der Waals surface area contributed by atoms with E-state index in [4.69, 9.17) is 14.9 Å². The monoisotopic (exact) mass is 470 g/mol. The number of aliphatic hydroxyl groups is 1. The van der Waals surface area contributed by atoms with E-state index in [2.05, 4.69) is 27.9 Å². The summed E-state index contributed by atoms with van der Waals surface area (Å²) < 4.78 is 6.83. The number of rotatable bonds is 6. The number of hydrogen-bond acceptors (Lipinski definition) is 4. The Labute approximate surface area is 164 Å². The van der Waals surface area contributed by atoms with Crippen molar-refractivity contribution < 1.29 is 24.5 Å². The molecule has 2 aromatic carbocycles. The number of amides is 3. The fourth-order valence-corrected chi connectivity index (χ4v) is 2.48. The minimum absolute atomic E-state index is 0.420. The van der Waals surface area contributed by atoms with Crippen molar-refractivity contribution in [2.24, 2.45) is 0 Å². The molecule has 0 saturated heterocycles. The number of anilines is 1. The van der Waals surface area contributed by atoms with Crippen LogP contribution in [0.2, 0.25) is 0 Å². The maximum Gasteiger partial charge on any atom is 0.415 e. The van der Waals surface area contributed by atoms with Crippen molar-refractivity contribution in [3.8, 4) is 5.75 Å². The Morgan fingerprint density at radius 1 is 1.15 bits per heavy atom. The van der Waals surface area contributed by atoms with Crippen LogP contribution < -0.4 is 10.1 Å². The standard InChI is InChI=1S/C18H19IN2O5/c1-12(10-22)21(18(24)25)17(23)20-15-6-8-16(9-7-15)26-11-13-2-4-14(19)5-3-13/h2-9,12,22H,10-11H2,1H3,(H,20,23)(H,24,25). The molecule has 3 N–H and O–H groups in total. The van der Waals surface area contributed by atoms with Crippen LogP contribution in [0.3, 0.4) is 0 Å². The lowest BCUT2D eigenvalue weighted by molar-refractivity contribution is 0.120. The highest BCUT2D eigenvalue weighted by atomic mass is 127. The molecule has 0 radical (unpaired) electrons. The van der Waals surface area contributed by atoms with Gasteiger partial charge in [0.1, 0.15) is 12.4 Å². The van der Waals surface area contributed by atoms with Crippen molar-refractivity contribution in [3.63, 3.8) is 0 Å². The van der Waals surface area contributed by atoms with Crippen LogP contribution in [0.15, 0.2) is 48.5 Å². The minimum Gasteiger partial charge on any atom is -0.489 e. The lowest BCUT2D eigenvalue weighted by Gasteiger charge is -2.23. The van der Waals surface area contributed by atoms with Crippen LogP contribution in [0, 0.1) is 3.57 Å². The Kier molecular flexibility index (Phi) is 7.22. The van der Waals surface area contributed by atoms with Gasteiger partial charge in [0.15, 0.2) is 0 Å². The van der Waals surface area contributed by atoms with E-state index in [1.807, 2.05) is 24.3 Å². The second-order valence-electron chi connectivity index (χ2n) is 5.55. The maximum absolute atomic E-state index is 12.1. The molecular formula is C18H19IN2O5. The van der Waals surface area contributed by atoms with E-state index in [-0.39, 0.29) is 0 Å². The highest BCUT2D eigenvalue weighted by Crippen LogP contribution is 2.18. The summed E-state index contributed by atoms with van der Waals surface area (Å²) >= 11 is 2.23. The molecule has 1 atom stereocenters. The Balaban J connectivity index is 1.94. The fourth-order valence-electron chi connectivity index (χ4n) is 2.12. The van der Waals surface area contributed by atoms with Crippen LogP contribution in [0.25, 0.3) is 0 Å². The first-order chi connectivity index (χ1) is 12.4. The Hall–Kier alpha value is -2.33. The van der Waals surface area contributed by atoms with E-state index >= 15 is 0 Å². The molecule has 2 rings (SSSR count). The summed E-state index contributed by atoms with van der Waals surface area (Å²) in [4.78, 5) is 23.8. The SMILES string of the molecule is CC(CO)N(C(=O)O)C(=O)Nc1ccc(OCc2ccc(I)cc2)cc1. The number of benzene rings is 2. The van der Waals surface area contributed by atoms with Crippen LogP contribution in [-0.2, 0) is 6.61 Å². The molecule has 0 aliphatic carbocycles. The van der Waals surface area contributed by atoms with E-state index in [0.717, 1.165) is 9.13 Å². The molecule has 0 heterocycles. The number of aliphatic hydroxyl groups excluding tert-OH is 1. The average molecular weight is 470 g/mol. The fraction of sp³-hybridized carbons (Fsp3) is 0.222. The van der Waals surface area contributed by atoms with Crippen molar-refractivity contribution in [3.05, 3.63) is 57.7 Å². The summed E-state index contributed by atoms with van der Waals surface area (Å²) in [6.45, 7) is 1.41. The number of nitrogens with zero attached hydrogens (tertiary/aromatic N) is 1. The molecule has 0 fully saturated rings. The molecule has 1 unspecified atom stereocenters. The molecule has 2 aromatic rings. The van der Waals surface area contributed by atoms with Crippen LogP contribution in [-0.4, -0.2) is 39.9 Å². The van der Waals surface area contributed by atoms with Crippen molar-refractivity contribution in [2.75, 3.05) is 11.9 Å². The van der Waals surface area contributed by atoms with Gasteiger partial charge >= 0.3 is 12.1 Å². The molecule has 0 aliphatic rings. The summed E-state index contributed by atoms with van der Waals surface area (Å²) in [5.41, 5.74) is 1.46. The van der Waals surface area contributed by atoms with E-state index in [1.54, 1.807) is 24.3 Å². The number of halogens is 1. The number of imide groups is 1. The largest absolute Gasteiger partial charge is 0.489 e. The van der Waals surface area contributed by atoms with E-state index in [1.165, 1.54) is 6.92 Å². The van der Waals surface area contributed by atoms with Crippen LogP contribution in [0.1, 0.15) is 12.5 Å². The summed E-state index contributed by atoms with van der Waals surface area (Å²) in [6, 6.07) is 12.9. The third-order valence-corrected chi connectivity index (χ3v) is 4.27. The smallest absolute Gasteiger partial charge is 0.415 e. The molecule has 8 heteroatoms. The first kappa shape index (κ1) is 20.0. The summed E-state index contributed by atoms with van der Waals surface area (Å²) in [5, 5.41) is 20.7. The quantitative estimate of drug-likeness (QED) is 0.559. The molecule has 0 aliphatic heterocycles. The highest BCUT2D eigenvalue weighted by Gasteiger charge is 2.26. The molecular weight excluding hydrogens is 451 g/mol. The van der Waals surface area contributed by atoms with Crippen LogP contribution >= 0.6 is 22.6 Å². The van der Waals surface area contributed by atoms with E-state index in [0.29, 0.717) is 22.9 Å². The Morgan fingerprint density at radius 3 is 2.31 bits per heavy atom. The van der Waals surface area contributed by atoms with Gasteiger partial charge in [-0.1, -0.05) is 12.1 Å². The second-order valence-corrected chi connectivity index (χ2v) is 6.80. The van der Waals surface area contributed by atoms with Gasteiger partial charge in [0.05, 0.1) is 12.6 Å². The minimum atomic E-state index is -1.43. The highest BCUT2D eigenvalue weighted by molar-refractivity contribution is 14.1. The zero-order valence-electron chi connectivity index (χ0n) is 14.1. The summed E-state index contributed by atoms with van der Waals surface area (Å²) in [7, 11) is 0. The molecule has 138 valence electrons. The van der Waals surface area contributed by atoms with Gasteiger partial charge in [0.25, 0.3) is 0 Å². The normalized spacial score (nSPS) is 11.5. The predicted octanol–water partition coefficient (Wildman–Crippen LogP) is 3.76. The molecule has 0 aromatic heterocycles. The van der Waals surface area contributed by atoms with Crippen molar-refractivity contribution >= 4 is 40.4 Å². The van der Waals surface area contributed by atoms with Gasteiger partial charge in [0, 0.05) is 9.26 Å². The van der Waals surface area contributed by atoms with Gasteiger partial charge in [-0.25, -0.2) is 14.5 Å². The van der Waals surface area contributed by atoms with Crippen molar-refractivity contribution in [1.82, 2.24) is 4.90 Å². The number of urea groups is 1. The third-order valence-electron chi connectivity index (χ3n) is 3.55. The Bertz CT molecular complexity index is 749. The number of nitrogens with one attached hydrogen (secondary N) is 1. The molecule has 3 amide bonds. The summed E-state index contributed by atoms with van der Waals surface area (Å²) in [5.74, 6) is 0.625. The van der Waals surface area contributed by atoms with Gasteiger partial charge in [-0.05, 0) is 71.5 Å². The van der Waals surface area contributed by atoms with Gasteiger partial charge < -0.3 is 20.3 Å². The van der Waals surface area contributed by atoms with E-state index < -0.39 is 24.8 Å². The predicted molar refractivity (Wildman–Crippen MR) is 105 cm³/mol. The molecule has 7 nitrogen and oxygen atoms in total. The van der Waals surface area contributed by atoms with Crippen LogP contribution in [0.5, 0.6) is 5.75 Å². The number of carbonyl (C=O) groups excluding carboxylic acids is 1. The topological polar surface area (TPSA) is 99.1 Å². The molecule has 26 heavy (non-hydrogen) atoms. The first-order valence-electron chi connectivity index (χ1n) is 7.82. The Morgan fingerprint density at radius 2 is 1.77 bits per heavy atom. The lowest BCUT2D eigenvalue weighted by atomic mass is 10.2. The summed E-state index contributed by atoms with van der Waals surface area (Å²) in [6.07, 6.45) is -1.43. The zero-order valence-corrected chi connectivity index (χ0v) is 16.2. The van der Waals surface area contributed by atoms with Crippen LogP contribution in [0.4, 0.5) is 15.3 Å². The van der Waals surface area contributed by atoms with E-state index in [9.17, 15) is 9.59 Å². The lowest BCUT2D eigenvalue weighted by Crippen LogP contribution is -2.46. The number of hydrogen-bond donors (Lipinski definition) is 3. The first-order valence-corrected chi connectivity index (χ1v) is 8.90. The maximum atomic E-state index is 12.1. The van der Waals surface area contributed by atoms with Crippen molar-refractivity contribution in [1.29, 1.82) is 0 Å². The molecule has 0 spiro atoms. The molecule has 0 saturated carbocycles. The molecule has 0 bridgehead atoms. The zero-order chi connectivity index (χ0) is 19.1. The van der Waals surface area contributed by atoms with Crippen molar-refractivity contribution in [2.45, 2.75) is 19.6 Å². The number of carbonyl (C=O) groups is 2. The number of carboxylic acid groups (broad SMARTS) is 1.